The molecule has 0 aromatic carbocycles. The SMILES string of the molecule is C=CC(=O)OC.CCCO[SiH](OCCC)OCCC. The van der Waals surface area contributed by atoms with Crippen molar-refractivity contribution in [2.45, 2.75) is 40.0 Å². The number of methoxy groups -OCH3 is 1. The molecular weight excluding hydrogens is 264 g/mol. The Morgan fingerprint density at radius 3 is 1.53 bits per heavy atom. The van der Waals surface area contributed by atoms with Crippen molar-refractivity contribution in [2.24, 2.45) is 0 Å². The minimum atomic E-state index is -1.79. The van der Waals surface area contributed by atoms with Crippen molar-refractivity contribution in [1.29, 1.82) is 0 Å². The van der Waals surface area contributed by atoms with Crippen LogP contribution in [0.25, 0.3) is 0 Å². The summed E-state index contributed by atoms with van der Waals surface area (Å²) in [5, 5.41) is 0. The van der Waals surface area contributed by atoms with Crippen molar-refractivity contribution in [3.63, 3.8) is 0 Å². The molecule has 0 aromatic rings. The van der Waals surface area contributed by atoms with Gasteiger partial charge in [-0.25, -0.2) is 4.79 Å². The lowest BCUT2D eigenvalue weighted by Gasteiger charge is -2.15. The lowest BCUT2D eigenvalue weighted by atomic mass is 10.5. The van der Waals surface area contributed by atoms with Gasteiger partial charge in [-0.15, -0.1) is 0 Å². The minimum Gasteiger partial charge on any atom is -0.466 e. The molecule has 0 radical (unpaired) electrons. The zero-order chi connectivity index (χ0) is 14.9. The molecule has 0 aliphatic carbocycles. The van der Waals surface area contributed by atoms with Crippen LogP contribution in [0.2, 0.25) is 0 Å². The molecule has 0 N–H and O–H groups in total. The monoisotopic (exact) mass is 292 g/mol. The van der Waals surface area contributed by atoms with Crippen LogP contribution < -0.4 is 0 Å². The van der Waals surface area contributed by atoms with E-state index in [0.29, 0.717) is 0 Å². The number of hydrogen-bond acceptors (Lipinski definition) is 5. The van der Waals surface area contributed by atoms with Crippen molar-refractivity contribution in [2.75, 3.05) is 26.9 Å². The highest BCUT2D eigenvalue weighted by Crippen LogP contribution is 1.96. The molecular formula is C13H28O5Si. The van der Waals surface area contributed by atoms with Crippen LogP contribution in [0.4, 0.5) is 0 Å². The van der Waals surface area contributed by atoms with Gasteiger partial charge in [-0.05, 0) is 19.3 Å². The summed E-state index contributed by atoms with van der Waals surface area (Å²) >= 11 is 0. The Labute approximate surface area is 118 Å². The number of carbonyl (C=O) groups is 1. The molecule has 114 valence electrons. The predicted molar refractivity (Wildman–Crippen MR) is 78.1 cm³/mol. The lowest BCUT2D eigenvalue weighted by Crippen LogP contribution is -2.28. The zero-order valence-electron chi connectivity index (χ0n) is 12.6. The molecule has 6 heteroatoms. The fourth-order valence-corrected chi connectivity index (χ4v) is 2.44. The minimum absolute atomic E-state index is 0.394. The molecule has 5 nitrogen and oxygen atoms in total. The Hall–Kier alpha value is -0.693. The Kier molecular flexibility index (Phi) is 18.8. The zero-order valence-corrected chi connectivity index (χ0v) is 13.8. The fourth-order valence-electron chi connectivity index (χ4n) is 0.870. The molecule has 0 heterocycles. The van der Waals surface area contributed by atoms with E-state index in [4.69, 9.17) is 13.3 Å². The van der Waals surface area contributed by atoms with Crippen LogP contribution in [0.5, 0.6) is 0 Å². The molecule has 0 aliphatic heterocycles. The van der Waals surface area contributed by atoms with Crippen molar-refractivity contribution >= 4 is 15.5 Å². The van der Waals surface area contributed by atoms with E-state index >= 15 is 0 Å². The first-order chi connectivity index (χ1) is 9.15. The molecule has 0 aromatic heterocycles. The van der Waals surface area contributed by atoms with E-state index in [1.165, 1.54) is 7.11 Å². The van der Waals surface area contributed by atoms with E-state index in [1.807, 2.05) is 0 Å². The third-order valence-electron chi connectivity index (χ3n) is 1.74. The van der Waals surface area contributed by atoms with E-state index < -0.39 is 15.5 Å². The molecule has 19 heavy (non-hydrogen) atoms. The van der Waals surface area contributed by atoms with Crippen molar-refractivity contribution in [3.05, 3.63) is 12.7 Å². The fraction of sp³-hybridized carbons (Fsp3) is 0.769. The average Bonchev–Trinajstić information content (AvgIpc) is 2.46. The van der Waals surface area contributed by atoms with Gasteiger partial charge in [-0.2, -0.15) is 0 Å². The number of rotatable bonds is 10. The van der Waals surface area contributed by atoms with Crippen LogP contribution >= 0.6 is 0 Å². The maximum Gasteiger partial charge on any atom is 0.484 e. The summed E-state index contributed by atoms with van der Waals surface area (Å²) in [5.74, 6) is -0.394. The predicted octanol–water partition coefficient (Wildman–Crippen LogP) is 2.33. The van der Waals surface area contributed by atoms with Crippen molar-refractivity contribution in [1.82, 2.24) is 0 Å². The van der Waals surface area contributed by atoms with E-state index in [-0.39, 0.29) is 0 Å². The number of esters is 1. The third-order valence-corrected chi connectivity index (χ3v) is 3.27. The Morgan fingerprint density at radius 2 is 1.37 bits per heavy atom. The molecule has 0 aliphatic rings. The number of carbonyl (C=O) groups excluding carboxylic acids is 1. The summed E-state index contributed by atoms with van der Waals surface area (Å²) in [6.07, 6.45) is 4.18. The summed E-state index contributed by atoms with van der Waals surface area (Å²) < 4.78 is 20.6. The second-order valence-corrected chi connectivity index (χ2v) is 5.21. The van der Waals surface area contributed by atoms with Gasteiger partial charge in [0.05, 0.1) is 7.11 Å². The van der Waals surface area contributed by atoms with Crippen LogP contribution in [0.3, 0.4) is 0 Å². The smallest absolute Gasteiger partial charge is 0.466 e. The molecule has 0 amide bonds. The quantitative estimate of drug-likeness (QED) is 0.351. The molecule has 0 spiro atoms. The molecule has 0 rings (SSSR count). The normalized spacial score (nSPS) is 9.74. The summed E-state index contributed by atoms with van der Waals surface area (Å²) in [6, 6.07) is 0. The van der Waals surface area contributed by atoms with Gasteiger partial charge in [-0.3, -0.25) is 0 Å². The van der Waals surface area contributed by atoms with E-state index in [9.17, 15) is 4.79 Å². The highest BCUT2D eigenvalue weighted by atomic mass is 28.3. The summed E-state index contributed by atoms with van der Waals surface area (Å²) in [6.45, 7) is 11.7. The molecule has 0 atom stereocenters. The lowest BCUT2D eigenvalue weighted by molar-refractivity contribution is -0.134. The highest BCUT2D eigenvalue weighted by molar-refractivity contribution is 6.36. The van der Waals surface area contributed by atoms with Crippen molar-refractivity contribution in [3.8, 4) is 0 Å². The van der Waals surface area contributed by atoms with Crippen LogP contribution in [0, 0.1) is 0 Å². The van der Waals surface area contributed by atoms with Gasteiger partial charge in [0.2, 0.25) is 0 Å². The first-order valence-corrected chi connectivity index (χ1v) is 8.12. The van der Waals surface area contributed by atoms with Crippen LogP contribution in [-0.4, -0.2) is 42.4 Å². The summed E-state index contributed by atoms with van der Waals surface area (Å²) in [7, 11) is -0.477. The maximum absolute atomic E-state index is 9.84. The highest BCUT2D eigenvalue weighted by Gasteiger charge is 2.13. The van der Waals surface area contributed by atoms with Crippen LogP contribution in [0.1, 0.15) is 40.0 Å². The molecule has 0 saturated heterocycles. The Balaban J connectivity index is 0. The number of ether oxygens (including phenoxy) is 1. The van der Waals surface area contributed by atoms with Gasteiger partial charge in [0.25, 0.3) is 0 Å². The first-order valence-electron chi connectivity index (χ1n) is 6.71. The van der Waals surface area contributed by atoms with Gasteiger partial charge in [-0.1, -0.05) is 27.4 Å². The maximum atomic E-state index is 9.84. The Bertz CT molecular complexity index is 192. The van der Waals surface area contributed by atoms with E-state index in [0.717, 1.165) is 45.2 Å². The second-order valence-electron chi connectivity index (χ2n) is 3.63. The molecule has 0 fully saturated rings. The molecule has 0 bridgehead atoms. The van der Waals surface area contributed by atoms with E-state index in [1.54, 1.807) is 0 Å². The van der Waals surface area contributed by atoms with E-state index in [2.05, 4.69) is 32.1 Å². The largest absolute Gasteiger partial charge is 0.484 e. The van der Waals surface area contributed by atoms with Gasteiger partial charge >= 0.3 is 15.5 Å². The van der Waals surface area contributed by atoms with Gasteiger partial charge in [0.15, 0.2) is 0 Å². The topological polar surface area (TPSA) is 54.0 Å². The number of hydrogen-bond donors (Lipinski definition) is 0. The standard InChI is InChI=1S/C9H22O3Si.C4H6O2/c1-4-7-10-13(11-8-5-2)12-9-6-3;1-3-4(5)6-2/h13H,4-9H2,1-3H3;3H,1H2,2H3. The van der Waals surface area contributed by atoms with Crippen molar-refractivity contribution < 1.29 is 22.8 Å². The average molecular weight is 292 g/mol. The first kappa shape index (κ1) is 20.6. The summed E-state index contributed by atoms with van der Waals surface area (Å²) in [5.41, 5.74) is 0. The summed E-state index contributed by atoms with van der Waals surface area (Å²) in [4.78, 5) is 9.84. The van der Waals surface area contributed by atoms with Gasteiger partial charge in [0, 0.05) is 25.9 Å². The van der Waals surface area contributed by atoms with Gasteiger partial charge < -0.3 is 18.0 Å². The Morgan fingerprint density at radius 1 is 1.00 bits per heavy atom. The van der Waals surface area contributed by atoms with Crippen LogP contribution in [0.15, 0.2) is 12.7 Å². The molecule has 0 unspecified atom stereocenters. The van der Waals surface area contributed by atoms with Gasteiger partial charge in [0.1, 0.15) is 0 Å². The second kappa shape index (κ2) is 17.3. The van der Waals surface area contributed by atoms with Crippen LogP contribution in [-0.2, 0) is 22.8 Å². The molecule has 0 saturated carbocycles. The third kappa shape index (κ3) is 17.3.